The first-order chi connectivity index (χ1) is 8.61. The number of rotatable bonds is 2. The lowest BCUT2D eigenvalue weighted by Crippen LogP contribution is -2.07. The van der Waals surface area contributed by atoms with Crippen molar-refractivity contribution in [2.45, 2.75) is 13.8 Å². The van der Waals surface area contributed by atoms with E-state index in [0.717, 1.165) is 16.8 Å². The van der Waals surface area contributed by atoms with E-state index in [4.69, 9.17) is 0 Å². The van der Waals surface area contributed by atoms with E-state index < -0.39 is 5.97 Å². The highest BCUT2D eigenvalue weighted by Gasteiger charge is 2.11. The van der Waals surface area contributed by atoms with Crippen LogP contribution in [-0.2, 0) is 4.74 Å². The fourth-order valence-corrected chi connectivity index (χ4v) is 1.80. The minimum absolute atomic E-state index is 0.0787. The average molecular weight is 242 g/mol. The van der Waals surface area contributed by atoms with Crippen LogP contribution in [0.4, 0.5) is 0 Å². The van der Waals surface area contributed by atoms with Crippen molar-refractivity contribution in [1.82, 2.24) is 9.97 Å². The molecular formula is C14H14N2O2. The van der Waals surface area contributed by atoms with Crippen molar-refractivity contribution in [1.29, 1.82) is 0 Å². The largest absolute Gasteiger partial charge is 0.463 e. The van der Waals surface area contributed by atoms with Gasteiger partial charge in [0, 0.05) is 11.8 Å². The second-order valence-electron chi connectivity index (χ2n) is 4.08. The maximum atomic E-state index is 11.4. The van der Waals surface area contributed by atoms with Crippen LogP contribution in [0.1, 0.15) is 21.7 Å². The fraction of sp³-hybridized carbons (Fsp3) is 0.214. The lowest BCUT2D eigenvalue weighted by Gasteiger charge is -2.07. The predicted octanol–water partition coefficient (Wildman–Crippen LogP) is 2.55. The number of ether oxygens (including phenoxy) is 1. The Morgan fingerprint density at radius 1 is 1.22 bits per heavy atom. The normalized spacial score (nSPS) is 10.2. The number of aromatic nitrogens is 2. The summed E-state index contributed by atoms with van der Waals surface area (Å²) in [6.07, 6.45) is 1.56. The monoisotopic (exact) mass is 242 g/mol. The van der Waals surface area contributed by atoms with Gasteiger partial charge in [-0.1, -0.05) is 23.8 Å². The number of hydrogen-bond donors (Lipinski definition) is 0. The molecule has 0 unspecified atom stereocenters. The summed E-state index contributed by atoms with van der Waals surface area (Å²) in [4.78, 5) is 19.5. The molecule has 2 aromatic rings. The maximum Gasteiger partial charge on any atom is 0.376 e. The van der Waals surface area contributed by atoms with Gasteiger partial charge in [0.25, 0.3) is 0 Å². The summed E-state index contributed by atoms with van der Waals surface area (Å²) in [6, 6.07) is 7.87. The molecule has 0 amide bonds. The van der Waals surface area contributed by atoms with Gasteiger partial charge in [0.15, 0.2) is 0 Å². The van der Waals surface area contributed by atoms with Gasteiger partial charge in [-0.15, -0.1) is 0 Å². The number of carbonyl (C=O) groups excluding carboxylic acids is 1. The molecule has 4 heteroatoms. The number of carbonyl (C=O) groups is 1. The van der Waals surface area contributed by atoms with Gasteiger partial charge >= 0.3 is 5.97 Å². The third kappa shape index (κ3) is 2.37. The molecule has 92 valence electrons. The summed E-state index contributed by atoms with van der Waals surface area (Å²) in [6.45, 7) is 4.05. The molecule has 0 N–H and O–H groups in total. The van der Waals surface area contributed by atoms with E-state index in [2.05, 4.69) is 20.8 Å². The van der Waals surface area contributed by atoms with Gasteiger partial charge in [-0.3, -0.25) is 0 Å². The molecule has 2 rings (SSSR count). The number of benzene rings is 1. The molecule has 1 heterocycles. The molecule has 18 heavy (non-hydrogen) atoms. The van der Waals surface area contributed by atoms with Crippen LogP contribution in [0.3, 0.4) is 0 Å². The molecule has 0 aliphatic heterocycles. The zero-order valence-corrected chi connectivity index (χ0v) is 10.6. The van der Waals surface area contributed by atoms with E-state index in [1.165, 1.54) is 12.7 Å². The highest BCUT2D eigenvalue weighted by Crippen LogP contribution is 2.22. The summed E-state index contributed by atoms with van der Waals surface area (Å²) >= 11 is 0. The summed E-state index contributed by atoms with van der Waals surface area (Å²) in [7, 11) is 1.31. The van der Waals surface area contributed by atoms with Gasteiger partial charge in [-0.25, -0.2) is 14.8 Å². The second-order valence-corrected chi connectivity index (χ2v) is 4.08. The van der Waals surface area contributed by atoms with Crippen molar-refractivity contribution < 1.29 is 9.53 Å². The first kappa shape index (κ1) is 12.2. The number of nitrogens with zero attached hydrogens (tertiary/aromatic N) is 2. The van der Waals surface area contributed by atoms with Gasteiger partial charge in [0.05, 0.1) is 12.8 Å². The Bertz CT molecular complexity index is 594. The fourth-order valence-electron chi connectivity index (χ4n) is 1.80. The zero-order valence-electron chi connectivity index (χ0n) is 10.6. The van der Waals surface area contributed by atoms with Crippen LogP contribution >= 0.6 is 0 Å². The van der Waals surface area contributed by atoms with Gasteiger partial charge in [-0.2, -0.15) is 0 Å². The van der Waals surface area contributed by atoms with E-state index in [0.29, 0.717) is 0 Å². The van der Waals surface area contributed by atoms with E-state index >= 15 is 0 Å². The minimum atomic E-state index is -0.526. The molecule has 4 nitrogen and oxygen atoms in total. The SMILES string of the molecule is COC(=O)c1nccc(-c2ccc(C)cc2C)n1. The Morgan fingerprint density at radius 2 is 2.00 bits per heavy atom. The quantitative estimate of drug-likeness (QED) is 0.759. The number of esters is 1. The Balaban J connectivity index is 2.48. The third-order valence-electron chi connectivity index (χ3n) is 2.68. The Labute approximate surface area is 106 Å². The molecule has 0 radical (unpaired) electrons. The van der Waals surface area contributed by atoms with Crippen LogP contribution in [0.25, 0.3) is 11.3 Å². The number of hydrogen-bond acceptors (Lipinski definition) is 4. The van der Waals surface area contributed by atoms with Crippen molar-refractivity contribution in [3.8, 4) is 11.3 Å². The standard InChI is InChI=1S/C14H14N2O2/c1-9-4-5-11(10(2)8-9)12-6-7-15-13(16-12)14(17)18-3/h4-8H,1-3H3. The summed E-state index contributed by atoms with van der Waals surface area (Å²) in [5.41, 5.74) is 4.03. The van der Waals surface area contributed by atoms with Crippen LogP contribution in [0.2, 0.25) is 0 Å². The topological polar surface area (TPSA) is 52.1 Å². The molecule has 0 saturated heterocycles. The highest BCUT2D eigenvalue weighted by atomic mass is 16.5. The van der Waals surface area contributed by atoms with Gasteiger partial charge in [-0.05, 0) is 25.5 Å². The Hall–Kier alpha value is -2.23. The summed E-state index contributed by atoms with van der Waals surface area (Å²) in [5.74, 6) is -0.448. The van der Waals surface area contributed by atoms with Crippen LogP contribution in [0.15, 0.2) is 30.5 Å². The van der Waals surface area contributed by atoms with Crippen molar-refractivity contribution in [3.63, 3.8) is 0 Å². The van der Waals surface area contributed by atoms with Crippen LogP contribution in [0, 0.1) is 13.8 Å². The molecule has 0 aliphatic carbocycles. The summed E-state index contributed by atoms with van der Waals surface area (Å²) in [5, 5.41) is 0. The number of aryl methyl sites for hydroxylation is 2. The van der Waals surface area contributed by atoms with E-state index in [9.17, 15) is 4.79 Å². The smallest absolute Gasteiger partial charge is 0.376 e. The molecular weight excluding hydrogens is 228 g/mol. The van der Waals surface area contributed by atoms with Crippen molar-refractivity contribution in [2.24, 2.45) is 0 Å². The third-order valence-corrected chi connectivity index (χ3v) is 2.68. The lowest BCUT2D eigenvalue weighted by atomic mass is 10.0. The predicted molar refractivity (Wildman–Crippen MR) is 68.3 cm³/mol. The van der Waals surface area contributed by atoms with Crippen molar-refractivity contribution in [3.05, 3.63) is 47.4 Å². The molecule has 0 saturated carbocycles. The molecule has 0 spiro atoms. The molecule has 0 bridgehead atoms. The highest BCUT2D eigenvalue weighted by molar-refractivity contribution is 5.85. The van der Waals surface area contributed by atoms with E-state index in [-0.39, 0.29) is 5.82 Å². The molecule has 1 aromatic carbocycles. The molecule has 1 aromatic heterocycles. The van der Waals surface area contributed by atoms with Crippen LogP contribution in [-0.4, -0.2) is 23.0 Å². The van der Waals surface area contributed by atoms with Crippen LogP contribution in [0.5, 0.6) is 0 Å². The lowest BCUT2D eigenvalue weighted by molar-refractivity contribution is 0.0587. The van der Waals surface area contributed by atoms with Crippen molar-refractivity contribution >= 4 is 5.97 Å². The van der Waals surface area contributed by atoms with Gasteiger partial charge in [0.2, 0.25) is 5.82 Å². The minimum Gasteiger partial charge on any atom is -0.463 e. The Morgan fingerprint density at radius 3 is 2.67 bits per heavy atom. The first-order valence-corrected chi connectivity index (χ1v) is 5.61. The number of methoxy groups -OCH3 is 1. The zero-order chi connectivity index (χ0) is 13.1. The van der Waals surface area contributed by atoms with Crippen LogP contribution < -0.4 is 0 Å². The summed E-state index contributed by atoms with van der Waals surface area (Å²) < 4.78 is 4.61. The van der Waals surface area contributed by atoms with Gasteiger partial charge in [0.1, 0.15) is 0 Å². The van der Waals surface area contributed by atoms with Gasteiger partial charge < -0.3 is 4.74 Å². The molecule has 0 fully saturated rings. The van der Waals surface area contributed by atoms with Crippen molar-refractivity contribution in [2.75, 3.05) is 7.11 Å². The first-order valence-electron chi connectivity index (χ1n) is 5.61. The van der Waals surface area contributed by atoms with E-state index in [1.807, 2.05) is 26.0 Å². The Kier molecular flexibility index (Phi) is 3.37. The second kappa shape index (κ2) is 4.96. The maximum absolute atomic E-state index is 11.4. The van der Waals surface area contributed by atoms with E-state index in [1.54, 1.807) is 12.3 Å². The molecule has 0 aliphatic rings. The molecule has 0 atom stereocenters. The average Bonchev–Trinajstić information content (AvgIpc) is 2.38.